The van der Waals surface area contributed by atoms with E-state index in [1.165, 1.54) is 0 Å². The fourth-order valence-corrected chi connectivity index (χ4v) is 1.22. The summed E-state index contributed by atoms with van der Waals surface area (Å²) >= 11 is 0. The summed E-state index contributed by atoms with van der Waals surface area (Å²) in [5.41, 5.74) is 10.6. The summed E-state index contributed by atoms with van der Waals surface area (Å²) < 4.78 is 1.80. The van der Waals surface area contributed by atoms with Gasteiger partial charge in [0.1, 0.15) is 0 Å². The zero-order chi connectivity index (χ0) is 9.97. The quantitative estimate of drug-likeness (QED) is 0.753. The second-order valence-corrected chi connectivity index (χ2v) is 3.15. The molecule has 0 saturated heterocycles. The maximum absolute atomic E-state index is 5.80. The number of hydrogen-bond donors (Lipinski definition) is 2. The number of nitrogens with one attached hydrogen (secondary N) is 1. The summed E-state index contributed by atoms with van der Waals surface area (Å²) in [5, 5.41) is 0. The van der Waals surface area contributed by atoms with E-state index in [1.54, 1.807) is 10.9 Å². The van der Waals surface area contributed by atoms with Crippen molar-refractivity contribution in [3.05, 3.63) is 42.4 Å². The standard InChI is InChI=1S/C10H12N4/c1-8-6-9(11)10(12-7-8)13-14-4-2-3-5-14/h2-7H,11H2,1H3,(H,12,13). The predicted octanol–water partition coefficient (Wildman–Crippen LogP) is 1.65. The van der Waals surface area contributed by atoms with Crippen molar-refractivity contribution >= 4 is 11.5 Å². The highest BCUT2D eigenvalue weighted by Gasteiger charge is 1.99. The fraction of sp³-hybridized carbons (Fsp3) is 0.100. The summed E-state index contributed by atoms with van der Waals surface area (Å²) in [7, 11) is 0. The monoisotopic (exact) mass is 188 g/mol. The molecule has 0 aliphatic heterocycles. The van der Waals surface area contributed by atoms with Gasteiger partial charge in [-0.2, -0.15) is 0 Å². The van der Waals surface area contributed by atoms with Gasteiger partial charge in [-0.3, -0.25) is 10.1 Å². The molecule has 0 aliphatic rings. The third-order valence-electron chi connectivity index (χ3n) is 1.89. The van der Waals surface area contributed by atoms with Crippen molar-refractivity contribution in [1.29, 1.82) is 0 Å². The molecule has 0 saturated carbocycles. The Morgan fingerprint density at radius 1 is 1.36 bits per heavy atom. The molecule has 0 radical (unpaired) electrons. The highest BCUT2D eigenvalue weighted by atomic mass is 15.4. The van der Waals surface area contributed by atoms with Crippen molar-refractivity contribution in [2.45, 2.75) is 6.92 Å². The number of rotatable bonds is 2. The molecule has 72 valence electrons. The third-order valence-corrected chi connectivity index (χ3v) is 1.89. The molecule has 2 heterocycles. The van der Waals surface area contributed by atoms with E-state index in [4.69, 9.17) is 5.73 Å². The molecule has 0 aromatic carbocycles. The Morgan fingerprint density at radius 3 is 2.71 bits per heavy atom. The number of hydrogen-bond acceptors (Lipinski definition) is 3. The Kier molecular flexibility index (Phi) is 2.10. The summed E-state index contributed by atoms with van der Waals surface area (Å²) in [6.07, 6.45) is 5.56. The molecule has 0 spiro atoms. The molecular formula is C10H12N4. The number of pyridine rings is 1. The topological polar surface area (TPSA) is 55.9 Å². The zero-order valence-electron chi connectivity index (χ0n) is 7.94. The first-order valence-electron chi connectivity index (χ1n) is 4.38. The lowest BCUT2D eigenvalue weighted by Gasteiger charge is -2.09. The normalized spacial score (nSPS) is 10.1. The first-order chi connectivity index (χ1) is 6.75. The van der Waals surface area contributed by atoms with Crippen LogP contribution in [0, 0.1) is 6.92 Å². The van der Waals surface area contributed by atoms with Gasteiger partial charge in [-0.15, -0.1) is 0 Å². The molecule has 0 unspecified atom stereocenters. The van der Waals surface area contributed by atoms with E-state index in [0.717, 1.165) is 5.56 Å². The van der Waals surface area contributed by atoms with Gasteiger partial charge in [-0.25, -0.2) is 4.98 Å². The van der Waals surface area contributed by atoms with Gasteiger partial charge in [0, 0.05) is 18.6 Å². The first kappa shape index (κ1) is 8.62. The lowest BCUT2D eigenvalue weighted by atomic mass is 10.3. The molecule has 2 aromatic heterocycles. The van der Waals surface area contributed by atoms with Gasteiger partial charge in [0.25, 0.3) is 0 Å². The average Bonchev–Trinajstić information content (AvgIpc) is 2.62. The van der Waals surface area contributed by atoms with Crippen molar-refractivity contribution in [2.75, 3.05) is 11.2 Å². The molecule has 4 nitrogen and oxygen atoms in total. The SMILES string of the molecule is Cc1cnc(Nn2cccc2)c(N)c1. The second kappa shape index (κ2) is 3.41. The Bertz CT molecular complexity index is 420. The number of anilines is 2. The highest BCUT2D eigenvalue weighted by molar-refractivity contribution is 5.61. The summed E-state index contributed by atoms with van der Waals surface area (Å²) in [6, 6.07) is 5.74. The van der Waals surface area contributed by atoms with Crippen molar-refractivity contribution < 1.29 is 0 Å². The van der Waals surface area contributed by atoms with E-state index in [2.05, 4.69) is 10.4 Å². The van der Waals surface area contributed by atoms with Crippen LogP contribution in [-0.4, -0.2) is 9.66 Å². The van der Waals surface area contributed by atoms with Gasteiger partial charge in [-0.1, -0.05) is 0 Å². The number of nitrogen functional groups attached to an aromatic ring is 1. The van der Waals surface area contributed by atoms with Gasteiger partial charge < -0.3 is 5.73 Å². The minimum Gasteiger partial charge on any atom is -0.396 e. The molecule has 0 fully saturated rings. The summed E-state index contributed by atoms with van der Waals surface area (Å²) in [5.74, 6) is 0.673. The van der Waals surface area contributed by atoms with Crippen molar-refractivity contribution in [3.63, 3.8) is 0 Å². The second-order valence-electron chi connectivity index (χ2n) is 3.15. The van der Waals surface area contributed by atoms with E-state index in [1.807, 2.05) is 37.5 Å². The minimum absolute atomic E-state index is 0.652. The van der Waals surface area contributed by atoms with Gasteiger partial charge in [-0.05, 0) is 30.7 Å². The molecule has 2 aromatic rings. The number of nitrogens with zero attached hydrogens (tertiary/aromatic N) is 2. The molecule has 14 heavy (non-hydrogen) atoms. The van der Waals surface area contributed by atoms with Crippen LogP contribution < -0.4 is 11.2 Å². The summed E-state index contributed by atoms with van der Waals surface area (Å²) in [4.78, 5) is 4.20. The predicted molar refractivity (Wildman–Crippen MR) is 56.8 cm³/mol. The highest BCUT2D eigenvalue weighted by Crippen LogP contribution is 2.15. The molecule has 2 rings (SSSR count). The van der Waals surface area contributed by atoms with Gasteiger partial charge in [0.05, 0.1) is 5.69 Å². The molecule has 0 atom stereocenters. The van der Waals surface area contributed by atoms with Crippen LogP contribution in [0.15, 0.2) is 36.8 Å². The van der Waals surface area contributed by atoms with Crippen LogP contribution in [0.5, 0.6) is 0 Å². The van der Waals surface area contributed by atoms with Crippen LogP contribution in [-0.2, 0) is 0 Å². The number of aromatic nitrogens is 2. The Balaban J connectivity index is 2.25. The van der Waals surface area contributed by atoms with Crippen LogP contribution in [0.3, 0.4) is 0 Å². The smallest absolute Gasteiger partial charge is 0.168 e. The van der Waals surface area contributed by atoms with Crippen LogP contribution in [0.1, 0.15) is 5.56 Å². The zero-order valence-corrected chi connectivity index (χ0v) is 7.94. The maximum atomic E-state index is 5.80. The third kappa shape index (κ3) is 1.69. The van der Waals surface area contributed by atoms with Gasteiger partial charge >= 0.3 is 0 Å². The van der Waals surface area contributed by atoms with Crippen molar-refractivity contribution in [3.8, 4) is 0 Å². The lowest BCUT2D eigenvalue weighted by Crippen LogP contribution is -2.09. The van der Waals surface area contributed by atoms with E-state index in [-0.39, 0.29) is 0 Å². The van der Waals surface area contributed by atoms with Gasteiger partial charge in [0.15, 0.2) is 5.82 Å². The van der Waals surface area contributed by atoms with E-state index >= 15 is 0 Å². The maximum Gasteiger partial charge on any atom is 0.168 e. The Morgan fingerprint density at radius 2 is 2.07 bits per heavy atom. The molecule has 4 heteroatoms. The van der Waals surface area contributed by atoms with Crippen molar-refractivity contribution in [1.82, 2.24) is 9.66 Å². The van der Waals surface area contributed by atoms with Gasteiger partial charge in [0.2, 0.25) is 0 Å². The number of nitrogens with two attached hydrogens (primary N) is 1. The molecule has 0 bridgehead atoms. The fourth-order valence-electron chi connectivity index (χ4n) is 1.22. The van der Waals surface area contributed by atoms with Crippen LogP contribution in [0.25, 0.3) is 0 Å². The molecule has 0 aliphatic carbocycles. The molecule has 3 N–H and O–H groups in total. The van der Waals surface area contributed by atoms with Crippen LogP contribution in [0.2, 0.25) is 0 Å². The number of aryl methyl sites for hydroxylation is 1. The van der Waals surface area contributed by atoms with Crippen LogP contribution >= 0.6 is 0 Å². The van der Waals surface area contributed by atoms with Crippen molar-refractivity contribution in [2.24, 2.45) is 0 Å². The minimum atomic E-state index is 0.652. The van der Waals surface area contributed by atoms with E-state index in [0.29, 0.717) is 11.5 Å². The summed E-state index contributed by atoms with van der Waals surface area (Å²) in [6.45, 7) is 1.96. The average molecular weight is 188 g/mol. The molecular weight excluding hydrogens is 176 g/mol. The van der Waals surface area contributed by atoms with E-state index < -0.39 is 0 Å². The molecule has 0 amide bonds. The Hall–Kier alpha value is -1.97. The Labute approximate surface area is 82.4 Å². The lowest BCUT2D eigenvalue weighted by molar-refractivity contribution is 0.953. The van der Waals surface area contributed by atoms with Crippen LogP contribution in [0.4, 0.5) is 11.5 Å². The first-order valence-corrected chi connectivity index (χ1v) is 4.38. The largest absolute Gasteiger partial charge is 0.396 e. The van der Waals surface area contributed by atoms with E-state index in [9.17, 15) is 0 Å².